The standard InChI is InChI=1S/C51H92N7O18P3S/c1-4-5-6-7-8-9-10-11-12-13-14-15-16-17-18-19-20-21-22-23-24-25-26-27-28-29-39(59)34-42(61)80-33-32-53-41(60)30-31-54-49(64)46(63)51(2,3)36-73-79(70,71)76-78(68,69)72-35-40-45(75-77(65,66)67)44(62)50(74-40)58-38-57-43-47(52)55-37-56-48(43)58/h37-38,40,44-46,50,62-63H,4-36H2,1-3H3,(H,53,60)(H,54,64)(H,68,69)(H,70,71)(H2,52,55,56)(H2,65,66,67)/p-4/t40-,44-,45-,46+,50-/m1/s1. The van der Waals surface area contributed by atoms with Gasteiger partial charge in [-0.15, -0.1) is 0 Å². The Balaban J connectivity index is 1.18. The predicted octanol–water partition coefficient (Wildman–Crippen LogP) is 6.26. The normalized spacial score (nSPS) is 18.7. The van der Waals surface area contributed by atoms with Gasteiger partial charge in [-0.1, -0.05) is 187 Å². The van der Waals surface area contributed by atoms with Crippen LogP contribution in [0.5, 0.6) is 0 Å². The summed E-state index contributed by atoms with van der Waals surface area (Å²) in [4.78, 5) is 110. The van der Waals surface area contributed by atoms with Crippen molar-refractivity contribution in [3.63, 3.8) is 0 Å². The number of imidazole rings is 1. The van der Waals surface area contributed by atoms with Crippen LogP contribution in [0.15, 0.2) is 12.7 Å². The number of amides is 2. The molecule has 1 aliphatic rings. The number of Topliss-reactive ketones (excluding diaryl/α,β-unsaturated/α-hetero) is 1. The third-order valence-corrected chi connectivity index (χ3v) is 17.5. The fourth-order valence-corrected chi connectivity index (χ4v) is 12.5. The van der Waals surface area contributed by atoms with Crippen molar-refractivity contribution in [2.45, 2.75) is 231 Å². The average Bonchev–Trinajstić information content (AvgIpc) is 3.95. The van der Waals surface area contributed by atoms with Crippen LogP contribution in [0.25, 0.3) is 11.2 Å². The lowest BCUT2D eigenvalue weighted by Crippen LogP contribution is -2.46. The Hall–Kier alpha value is -2.77. The Morgan fingerprint density at radius 1 is 0.750 bits per heavy atom. The van der Waals surface area contributed by atoms with Crippen LogP contribution in [0.2, 0.25) is 0 Å². The second-order valence-corrected chi connectivity index (χ2v) is 26.4. The largest absolute Gasteiger partial charge is 0.790 e. The van der Waals surface area contributed by atoms with E-state index in [1.807, 2.05) is 0 Å². The fraction of sp³-hybridized carbons (Fsp3) is 0.824. The number of aliphatic hydroxyl groups is 2. The van der Waals surface area contributed by atoms with Crippen molar-refractivity contribution in [1.82, 2.24) is 30.2 Å². The smallest absolute Gasteiger partial charge is 0.274 e. The highest BCUT2D eigenvalue weighted by Gasteiger charge is 2.47. The number of fused-ring (bicyclic) bond motifs is 1. The maximum atomic E-state index is 12.7. The van der Waals surface area contributed by atoms with Gasteiger partial charge < -0.3 is 69.0 Å². The SMILES string of the molecule is CCCCCCCCCCCCCCCCCCCCCCCCCCCC(=O)CC(=O)SCCNC(=O)CCNC(=O)[C@H](O)C(C)(C)COP(=O)([O-])OP(=O)([O-])OC[C@H]1O[C@@H](n2cnc3c(N)ncnc32)[C@H](O)[C@@H]1OP(=O)([O-])[O-]. The van der Waals surface area contributed by atoms with Crippen molar-refractivity contribution in [2.24, 2.45) is 5.41 Å². The quantitative estimate of drug-likeness (QED) is 0.0277. The summed E-state index contributed by atoms with van der Waals surface area (Å²) in [6, 6.07) is 0. The van der Waals surface area contributed by atoms with Gasteiger partial charge in [0.15, 0.2) is 22.8 Å². The van der Waals surface area contributed by atoms with Crippen molar-refractivity contribution < 1.29 is 85.3 Å². The number of hydrogen-bond acceptors (Lipinski definition) is 23. The van der Waals surface area contributed by atoms with Crippen LogP contribution in [0, 0.1) is 5.41 Å². The number of unbranched alkanes of at least 4 members (excludes halogenated alkanes) is 24. The summed E-state index contributed by atoms with van der Waals surface area (Å²) in [5.41, 5.74) is 4.06. The number of hydrogen-bond donors (Lipinski definition) is 5. The lowest BCUT2D eigenvalue weighted by Gasteiger charge is -2.36. The number of nitrogens with two attached hydrogens (primary N) is 1. The summed E-state index contributed by atoms with van der Waals surface area (Å²) in [7, 11) is -17.7. The summed E-state index contributed by atoms with van der Waals surface area (Å²) in [5, 5.41) is 26.1. The van der Waals surface area contributed by atoms with Crippen LogP contribution in [0.4, 0.5) is 5.82 Å². The van der Waals surface area contributed by atoms with E-state index in [1.54, 1.807) is 0 Å². The van der Waals surface area contributed by atoms with Gasteiger partial charge in [-0.05, 0) is 6.42 Å². The van der Waals surface area contributed by atoms with Gasteiger partial charge in [0.25, 0.3) is 15.6 Å². The summed E-state index contributed by atoms with van der Waals surface area (Å²) >= 11 is 0.935. The minimum atomic E-state index is -5.94. The first-order valence-electron chi connectivity index (χ1n) is 28.4. The molecule has 3 heterocycles. The molecule has 2 aromatic rings. The molecule has 1 aliphatic heterocycles. The van der Waals surface area contributed by atoms with Gasteiger partial charge in [0.1, 0.15) is 42.0 Å². The first-order valence-corrected chi connectivity index (χ1v) is 33.8. The zero-order valence-electron chi connectivity index (χ0n) is 46.9. The van der Waals surface area contributed by atoms with Crippen LogP contribution in [-0.2, 0) is 55.5 Å². The van der Waals surface area contributed by atoms with E-state index in [0.29, 0.717) is 6.42 Å². The Labute approximate surface area is 475 Å². The Bertz CT molecular complexity index is 2300. The van der Waals surface area contributed by atoms with Crippen molar-refractivity contribution in [2.75, 3.05) is 37.8 Å². The van der Waals surface area contributed by atoms with E-state index in [4.69, 9.17) is 10.5 Å². The molecule has 80 heavy (non-hydrogen) atoms. The van der Waals surface area contributed by atoms with Gasteiger partial charge in [-0.2, -0.15) is 0 Å². The molecule has 2 amide bonds. The molecular formula is C51H88N7O18P3S-4. The summed E-state index contributed by atoms with van der Waals surface area (Å²) in [6.07, 6.45) is 25.1. The third kappa shape index (κ3) is 29.7. The molecule has 6 N–H and O–H groups in total. The van der Waals surface area contributed by atoms with Gasteiger partial charge in [-0.25, -0.2) is 19.3 Å². The number of phosphoric ester groups is 3. The molecule has 0 aliphatic carbocycles. The minimum absolute atomic E-state index is 0.0244. The first-order chi connectivity index (χ1) is 37.9. The Morgan fingerprint density at radius 2 is 1.26 bits per heavy atom. The molecule has 1 fully saturated rings. The van der Waals surface area contributed by atoms with Crippen molar-refractivity contribution in [3.8, 4) is 0 Å². The second kappa shape index (κ2) is 38.2. The maximum Gasteiger partial charge on any atom is 0.274 e. The van der Waals surface area contributed by atoms with E-state index in [1.165, 1.54) is 149 Å². The van der Waals surface area contributed by atoms with Crippen LogP contribution < -0.4 is 35.9 Å². The minimum Gasteiger partial charge on any atom is -0.790 e. The van der Waals surface area contributed by atoms with Gasteiger partial charge in [0.05, 0.1) is 33.8 Å². The number of carbonyl (C=O) groups is 4. The van der Waals surface area contributed by atoms with E-state index in [9.17, 15) is 62.7 Å². The van der Waals surface area contributed by atoms with Gasteiger partial charge in [0, 0.05) is 37.1 Å². The lowest BCUT2D eigenvalue weighted by atomic mass is 9.87. The number of rotatable bonds is 47. The van der Waals surface area contributed by atoms with E-state index in [-0.39, 0.29) is 59.6 Å². The summed E-state index contributed by atoms with van der Waals surface area (Å²) < 4.78 is 61.0. The molecule has 2 unspecified atom stereocenters. The van der Waals surface area contributed by atoms with E-state index in [0.717, 1.165) is 54.7 Å². The number of aromatic nitrogens is 4. The van der Waals surface area contributed by atoms with Gasteiger partial charge in [0.2, 0.25) is 11.8 Å². The van der Waals surface area contributed by atoms with Crippen molar-refractivity contribution in [3.05, 3.63) is 12.7 Å². The molecule has 460 valence electrons. The number of ether oxygens (including phenoxy) is 1. The monoisotopic (exact) mass is 1210 g/mol. The van der Waals surface area contributed by atoms with Crippen molar-refractivity contribution >= 4 is 74.9 Å². The molecule has 7 atom stereocenters. The molecule has 0 saturated carbocycles. The van der Waals surface area contributed by atoms with Crippen LogP contribution in [0.3, 0.4) is 0 Å². The van der Waals surface area contributed by atoms with Gasteiger partial charge >= 0.3 is 0 Å². The molecule has 0 radical (unpaired) electrons. The molecule has 3 rings (SSSR count). The predicted molar refractivity (Wildman–Crippen MR) is 294 cm³/mol. The number of anilines is 1. The zero-order chi connectivity index (χ0) is 59.0. The van der Waals surface area contributed by atoms with E-state index in [2.05, 4.69) is 50.4 Å². The summed E-state index contributed by atoms with van der Waals surface area (Å²) in [5.74, 6) is -1.49. The number of nitrogens with one attached hydrogen (secondary N) is 2. The average molecular weight is 1210 g/mol. The third-order valence-electron chi connectivity index (χ3n) is 13.6. The topological polar surface area (TPSA) is 392 Å². The van der Waals surface area contributed by atoms with Crippen molar-refractivity contribution in [1.29, 1.82) is 0 Å². The van der Waals surface area contributed by atoms with E-state index < -0.39 is 84.6 Å². The highest BCUT2D eigenvalue weighted by molar-refractivity contribution is 8.13. The van der Waals surface area contributed by atoms with Crippen LogP contribution in [0.1, 0.15) is 207 Å². The second-order valence-electron chi connectivity index (χ2n) is 21.2. The number of carbonyl (C=O) groups excluding carboxylic acids is 4. The number of phosphoric acid groups is 3. The number of aliphatic hydroxyl groups excluding tert-OH is 2. The Morgan fingerprint density at radius 3 is 1.79 bits per heavy atom. The highest BCUT2D eigenvalue weighted by atomic mass is 32.2. The molecule has 0 spiro atoms. The molecule has 1 saturated heterocycles. The number of nitrogen functional groups attached to an aromatic ring is 1. The number of ketones is 1. The molecule has 25 nitrogen and oxygen atoms in total. The Kier molecular flexibility index (Phi) is 34.2. The molecular weight excluding hydrogens is 1120 g/mol. The fourth-order valence-electron chi connectivity index (χ4n) is 9.03. The van der Waals surface area contributed by atoms with Gasteiger partial charge in [-0.3, -0.25) is 32.9 Å². The highest BCUT2D eigenvalue weighted by Crippen LogP contribution is 2.56. The van der Waals surface area contributed by atoms with E-state index >= 15 is 0 Å². The van der Waals surface area contributed by atoms with Crippen LogP contribution >= 0.6 is 35.2 Å². The zero-order valence-corrected chi connectivity index (χ0v) is 50.4. The van der Waals surface area contributed by atoms with Crippen LogP contribution in [-0.4, -0.2) is 109 Å². The first kappa shape index (κ1) is 71.5. The number of thioether (sulfide) groups is 1. The molecule has 0 bridgehead atoms. The molecule has 2 aromatic heterocycles. The lowest BCUT2D eigenvalue weighted by molar-refractivity contribution is -0.347. The molecule has 29 heteroatoms. The maximum absolute atomic E-state index is 12.7. The number of nitrogens with zero attached hydrogens (tertiary/aromatic N) is 4. The summed E-state index contributed by atoms with van der Waals surface area (Å²) in [6.45, 7) is 2.23. The molecule has 0 aromatic carbocycles.